The van der Waals surface area contributed by atoms with Crippen molar-refractivity contribution >= 4 is 10.2 Å². The van der Waals surface area contributed by atoms with E-state index in [1.165, 1.54) is 0 Å². The van der Waals surface area contributed by atoms with E-state index in [4.69, 9.17) is 0 Å². The Hall–Kier alpha value is -0.170. The summed E-state index contributed by atoms with van der Waals surface area (Å²) in [5.41, 5.74) is 0. The van der Waals surface area contributed by atoms with Crippen molar-refractivity contribution in [3.05, 3.63) is 0 Å². The van der Waals surface area contributed by atoms with Crippen LogP contribution < -0.4 is 4.72 Å². The SMILES string of the molecule is O=S(=O)(NCC1CCCC(O)C1)N1CCCCCC1. The number of aliphatic hydroxyl groups excluding tert-OH is 1. The smallest absolute Gasteiger partial charge is 0.279 e. The van der Waals surface area contributed by atoms with Crippen LogP contribution in [-0.4, -0.2) is 43.6 Å². The van der Waals surface area contributed by atoms with Crippen LogP contribution in [0.1, 0.15) is 51.4 Å². The monoisotopic (exact) mass is 290 g/mol. The first-order chi connectivity index (χ1) is 9.08. The summed E-state index contributed by atoms with van der Waals surface area (Å²) in [5.74, 6) is 0.283. The molecule has 2 N–H and O–H groups in total. The predicted octanol–water partition coefficient (Wildman–Crippen LogP) is 1.25. The van der Waals surface area contributed by atoms with E-state index in [0.29, 0.717) is 19.6 Å². The Morgan fingerprint density at radius 2 is 1.74 bits per heavy atom. The summed E-state index contributed by atoms with van der Waals surface area (Å²) in [6, 6.07) is 0. The second kappa shape index (κ2) is 7.02. The molecule has 6 heteroatoms. The van der Waals surface area contributed by atoms with Crippen molar-refractivity contribution in [3.63, 3.8) is 0 Å². The molecular formula is C13H26N2O3S. The van der Waals surface area contributed by atoms with Gasteiger partial charge in [0.05, 0.1) is 6.10 Å². The number of nitrogens with zero attached hydrogens (tertiary/aromatic N) is 1. The summed E-state index contributed by atoms with van der Waals surface area (Å²) in [6.07, 6.45) is 7.52. The normalized spacial score (nSPS) is 31.0. The molecule has 5 nitrogen and oxygen atoms in total. The molecule has 2 aliphatic rings. The van der Waals surface area contributed by atoms with Crippen molar-refractivity contribution in [1.82, 2.24) is 9.03 Å². The molecule has 0 amide bonds. The van der Waals surface area contributed by atoms with Gasteiger partial charge in [-0.15, -0.1) is 0 Å². The Balaban J connectivity index is 1.82. The van der Waals surface area contributed by atoms with Crippen molar-refractivity contribution in [1.29, 1.82) is 0 Å². The first-order valence-electron chi connectivity index (χ1n) is 7.51. The fraction of sp³-hybridized carbons (Fsp3) is 1.00. The van der Waals surface area contributed by atoms with Gasteiger partial charge in [-0.1, -0.05) is 19.3 Å². The van der Waals surface area contributed by atoms with Crippen molar-refractivity contribution in [2.45, 2.75) is 57.5 Å². The van der Waals surface area contributed by atoms with Gasteiger partial charge in [0.25, 0.3) is 10.2 Å². The van der Waals surface area contributed by atoms with Crippen LogP contribution in [0.15, 0.2) is 0 Å². The molecule has 1 saturated carbocycles. The third kappa shape index (κ3) is 4.70. The number of hydrogen-bond donors (Lipinski definition) is 2. The van der Waals surface area contributed by atoms with E-state index < -0.39 is 10.2 Å². The van der Waals surface area contributed by atoms with Crippen LogP contribution in [0.3, 0.4) is 0 Å². The Kier molecular flexibility index (Phi) is 5.62. The highest BCUT2D eigenvalue weighted by atomic mass is 32.2. The lowest BCUT2D eigenvalue weighted by Crippen LogP contribution is -2.43. The maximum Gasteiger partial charge on any atom is 0.279 e. The lowest BCUT2D eigenvalue weighted by Gasteiger charge is -2.27. The summed E-state index contributed by atoms with van der Waals surface area (Å²) in [4.78, 5) is 0. The molecule has 0 aromatic rings. The maximum atomic E-state index is 12.2. The summed E-state index contributed by atoms with van der Waals surface area (Å²) >= 11 is 0. The molecule has 0 radical (unpaired) electrons. The van der Waals surface area contributed by atoms with Gasteiger partial charge >= 0.3 is 0 Å². The van der Waals surface area contributed by atoms with E-state index in [1.54, 1.807) is 4.31 Å². The topological polar surface area (TPSA) is 69.6 Å². The summed E-state index contributed by atoms with van der Waals surface area (Å²) in [7, 11) is -3.32. The third-order valence-electron chi connectivity index (χ3n) is 4.21. The Morgan fingerprint density at radius 3 is 2.37 bits per heavy atom. The van der Waals surface area contributed by atoms with Gasteiger partial charge in [-0.2, -0.15) is 12.7 Å². The van der Waals surface area contributed by atoms with Gasteiger partial charge in [-0.05, 0) is 38.0 Å². The average Bonchev–Trinajstić information content (AvgIpc) is 2.66. The van der Waals surface area contributed by atoms with Crippen LogP contribution in [0.25, 0.3) is 0 Å². The van der Waals surface area contributed by atoms with Gasteiger partial charge in [0.1, 0.15) is 0 Å². The molecule has 1 aliphatic heterocycles. The molecule has 1 saturated heterocycles. The number of rotatable bonds is 4. The molecule has 0 spiro atoms. The quantitative estimate of drug-likeness (QED) is 0.818. The van der Waals surface area contributed by atoms with Crippen molar-refractivity contribution in [3.8, 4) is 0 Å². The highest BCUT2D eigenvalue weighted by molar-refractivity contribution is 7.87. The largest absolute Gasteiger partial charge is 0.393 e. The third-order valence-corrected chi connectivity index (χ3v) is 5.79. The van der Waals surface area contributed by atoms with E-state index in [9.17, 15) is 13.5 Å². The first kappa shape index (κ1) is 15.2. The summed E-state index contributed by atoms with van der Waals surface area (Å²) in [5, 5.41) is 9.61. The van der Waals surface area contributed by atoms with Crippen molar-refractivity contribution in [2.75, 3.05) is 19.6 Å². The van der Waals surface area contributed by atoms with Crippen LogP contribution in [-0.2, 0) is 10.2 Å². The number of hydrogen-bond acceptors (Lipinski definition) is 3. The Morgan fingerprint density at radius 1 is 1.05 bits per heavy atom. The van der Waals surface area contributed by atoms with Gasteiger partial charge in [-0.3, -0.25) is 0 Å². The molecule has 2 atom stereocenters. The standard InChI is InChI=1S/C13H26N2O3S/c16-13-7-5-6-12(10-13)11-14-19(17,18)15-8-3-1-2-4-9-15/h12-14,16H,1-11H2. The first-order valence-corrected chi connectivity index (χ1v) is 8.95. The number of nitrogens with one attached hydrogen (secondary N) is 1. The maximum absolute atomic E-state index is 12.2. The number of aliphatic hydroxyl groups is 1. The van der Waals surface area contributed by atoms with Crippen LogP contribution in [0.5, 0.6) is 0 Å². The molecule has 112 valence electrons. The summed E-state index contributed by atoms with van der Waals surface area (Å²) in [6.45, 7) is 1.75. The van der Waals surface area contributed by atoms with Crippen LogP contribution in [0, 0.1) is 5.92 Å². The minimum absolute atomic E-state index is 0.249. The molecule has 2 rings (SSSR count). The molecule has 2 unspecified atom stereocenters. The zero-order valence-corrected chi connectivity index (χ0v) is 12.4. The van der Waals surface area contributed by atoms with E-state index in [1.807, 2.05) is 0 Å². The molecule has 2 fully saturated rings. The van der Waals surface area contributed by atoms with E-state index in [2.05, 4.69) is 4.72 Å². The summed E-state index contributed by atoms with van der Waals surface area (Å²) < 4.78 is 28.7. The van der Waals surface area contributed by atoms with Gasteiger partial charge in [0, 0.05) is 19.6 Å². The zero-order chi connectivity index (χ0) is 13.7. The molecule has 0 aromatic carbocycles. The van der Waals surface area contributed by atoms with Gasteiger partial charge in [-0.25, -0.2) is 4.72 Å². The van der Waals surface area contributed by atoms with Crippen LogP contribution in [0.2, 0.25) is 0 Å². The minimum atomic E-state index is -3.32. The van der Waals surface area contributed by atoms with Crippen LogP contribution in [0.4, 0.5) is 0 Å². The van der Waals surface area contributed by atoms with E-state index in [-0.39, 0.29) is 12.0 Å². The lowest BCUT2D eigenvalue weighted by molar-refractivity contribution is 0.102. The highest BCUT2D eigenvalue weighted by Gasteiger charge is 2.25. The minimum Gasteiger partial charge on any atom is -0.393 e. The lowest BCUT2D eigenvalue weighted by atomic mass is 9.87. The highest BCUT2D eigenvalue weighted by Crippen LogP contribution is 2.24. The van der Waals surface area contributed by atoms with Gasteiger partial charge in [0.2, 0.25) is 0 Å². The zero-order valence-electron chi connectivity index (χ0n) is 11.6. The molecule has 1 aliphatic carbocycles. The van der Waals surface area contributed by atoms with Crippen LogP contribution >= 0.6 is 0 Å². The average molecular weight is 290 g/mol. The Bertz CT molecular complexity index is 364. The van der Waals surface area contributed by atoms with Gasteiger partial charge < -0.3 is 5.11 Å². The second-order valence-corrected chi connectivity index (χ2v) is 7.61. The van der Waals surface area contributed by atoms with E-state index in [0.717, 1.165) is 51.4 Å². The molecule has 1 heterocycles. The Labute approximate surface area is 116 Å². The van der Waals surface area contributed by atoms with E-state index >= 15 is 0 Å². The molecule has 19 heavy (non-hydrogen) atoms. The van der Waals surface area contributed by atoms with Crippen molar-refractivity contribution < 1.29 is 13.5 Å². The fourth-order valence-electron chi connectivity index (χ4n) is 3.04. The second-order valence-electron chi connectivity index (χ2n) is 5.85. The predicted molar refractivity (Wildman–Crippen MR) is 74.9 cm³/mol. The molecule has 0 bridgehead atoms. The van der Waals surface area contributed by atoms with Crippen molar-refractivity contribution in [2.24, 2.45) is 5.92 Å². The fourth-order valence-corrected chi connectivity index (χ4v) is 4.41. The molecular weight excluding hydrogens is 264 g/mol. The van der Waals surface area contributed by atoms with Gasteiger partial charge in [0.15, 0.2) is 0 Å². The molecule has 0 aromatic heterocycles.